The minimum Gasteiger partial charge on any atom is -0.335 e. The second-order valence-corrected chi connectivity index (χ2v) is 7.67. The fourth-order valence-corrected chi connectivity index (χ4v) is 4.19. The molecule has 2 atom stereocenters. The first-order chi connectivity index (χ1) is 13.0. The van der Waals surface area contributed by atoms with Crippen LogP contribution in [0, 0.1) is 19.8 Å². The van der Waals surface area contributed by atoms with Crippen LogP contribution < -0.4 is 0 Å². The van der Waals surface area contributed by atoms with Crippen molar-refractivity contribution in [3.05, 3.63) is 59.2 Å². The Morgan fingerprint density at radius 1 is 1.04 bits per heavy atom. The molecule has 3 aliphatic rings. The van der Waals surface area contributed by atoms with Crippen LogP contribution >= 0.6 is 0 Å². The van der Waals surface area contributed by atoms with Crippen molar-refractivity contribution in [1.82, 2.24) is 19.8 Å². The molecule has 1 aromatic heterocycles. The van der Waals surface area contributed by atoms with Crippen molar-refractivity contribution in [2.24, 2.45) is 5.92 Å². The van der Waals surface area contributed by atoms with Crippen molar-refractivity contribution >= 4 is 11.8 Å². The van der Waals surface area contributed by atoms with E-state index in [0.717, 1.165) is 29.5 Å². The van der Waals surface area contributed by atoms with Crippen LogP contribution in [0.3, 0.4) is 0 Å². The van der Waals surface area contributed by atoms with Crippen LogP contribution in [-0.2, 0) is 0 Å². The van der Waals surface area contributed by atoms with Gasteiger partial charge in [-0.05, 0) is 44.2 Å². The maximum atomic E-state index is 13.3. The van der Waals surface area contributed by atoms with Gasteiger partial charge in [-0.3, -0.25) is 14.6 Å². The van der Waals surface area contributed by atoms with Gasteiger partial charge in [0.1, 0.15) is 5.69 Å². The lowest BCUT2D eigenvalue weighted by molar-refractivity contribution is 0.0573. The molecule has 2 aromatic rings. The number of hydrogen-bond donors (Lipinski definition) is 0. The van der Waals surface area contributed by atoms with Crippen LogP contribution in [0.25, 0.3) is 0 Å². The molecule has 0 radical (unpaired) electrons. The van der Waals surface area contributed by atoms with Crippen LogP contribution in [0.2, 0.25) is 0 Å². The number of benzene rings is 1. The predicted octanol–water partition coefficient (Wildman–Crippen LogP) is 2.47. The molecule has 6 nitrogen and oxygen atoms in total. The zero-order chi connectivity index (χ0) is 19.0. The topological polar surface area (TPSA) is 66.4 Å². The van der Waals surface area contributed by atoms with Crippen molar-refractivity contribution in [2.75, 3.05) is 19.6 Å². The Morgan fingerprint density at radius 3 is 2.67 bits per heavy atom. The van der Waals surface area contributed by atoms with Crippen LogP contribution in [0.5, 0.6) is 0 Å². The number of piperidine rings is 1. The molecule has 0 spiro atoms. The largest absolute Gasteiger partial charge is 0.335 e. The van der Waals surface area contributed by atoms with E-state index in [1.807, 2.05) is 41.8 Å². The van der Waals surface area contributed by atoms with Gasteiger partial charge in [0.25, 0.3) is 11.8 Å². The predicted molar refractivity (Wildman–Crippen MR) is 101 cm³/mol. The summed E-state index contributed by atoms with van der Waals surface area (Å²) in [6.45, 7) is 5.92. The zero-order valence-electron chi connectivity index (χ0n) is 15.8. The first-order valence-electron chi connectivity index (χ1n) is 9.46. The van der Waals surface area contributed by atoms with E-state index >= 15 is 0 Å². The molecule has 3 saturated heterocycles. The molecule has 5 rings (SSSR count). The summed E-state index contributed by atoms with van der Waals surface area (Å²) in [7, 11) is 0. The number of aryl methyl sites for hydroxylation is 2. The summed E-state index contributed by atoms with van der Waals surface area (Å²) < 4.78 is 0. The molecule has 2 bridgehead atoms. The summed E-state index contributed by atoms with van der Waals surface area (Å²) >= 11 is 0. The number of aromatic nitrogens is 2. The quantitative estimate of drug-likeness (QED) is 0.821. The van der Waals surface area contributed by atoms with E-state index in [1.54, 1.807) is 6.20 Å². The summed E-state index contributed by atoms with van der Waals surface area (Å²) in [6.07, 6.45) is 6.59. The Hall–Kier alpha value is -2.76. The summed E-state index contributed by atoms with van der Waals surface area (Å²) in [5.41, 5.74) is 3.22. The minimum absolute atomic E-state index is 0.0526. The van der Waals surface area contributed by atoms with Crippen molar-refractivity contribution in [1.29, 1.82) is 0 Å². The van der Waals surface area contributed by atoms with Crippen molar-refractivity contribution in [2.45, 2.75) is 32.7 Å². The first-order valence-corrected chi connectivity index (χ1v) is 9.46. The molecule has 6 heteroatoms. The van der Waals surface area contributed by atoms with Crippen molar-refractivity contribution < 1.29 is 9.59 Å². The molecular weight excluding hydrogens is 340 g/mol. The van der Waals surface area contributed by atoms with Gasteiger partial charge in [-0.25, -0.2) is 4.98 Å². The third-order valence-corrected chi connectivity index (χ3v) is 5.67. The average molecular weight is 364 g/mol. The van der Waals surface area contributed by atoms with Gasteiger partial charge in [0.05, 0.1) is 6.20 Å². The number of carbonyl (C=O) groups excluding carboxylic acids is 2. The van der Waals surface area contributed by atoms with Gasteiger partial charge in [0.15, 0.2) is 0 Å². The molecule has 0 saturated carbocycles. The molecule has 0 N–H and O–H groups in total. The lowest BCUT2D eigenvalue weighted by Gasteiger charge is -2.36. The summed E-state index contributed by atoms with van der Waals surface area (Å²) in [6, 6.07) is 6.06. The number of carbonyl (C=O) groups is 2. The Bertz CT molecular complexity index is 868. The lowest BCUT2D eigenvalue weighted by Crippen LogP contribution is -2.48. The fraction of sp³-hybridized carbons (Fsp3) is 0.429. The normalized spacial score (nSPS) is 21.9. The highest BCUT2D eigenvalue weighted by Crippen LogP contribution is 2.30. The molecular formula is C21H24N4O2. The SMILES string of the molecule is Cc1ccc(C)c(C(=O)N2CC3CCC2CN(C(=O)c2cnccn2)C3)c1. The highest BCUT2D eigenvalue weighted by Gasteiger charge is 2.39. The number of amides is 2. The molecule has 3 fully saturated rings. The van der Waals surface area contributed by atoms with E-state index in [4.69, 9.17) is 0 Å². The molecule has 2 unspecified atom stereocenters. The molecule has 140 valence electrons. The second kappa shape index (κ2) is 7.10. The molecule has 0 aliphatic carbocycles. The van der Waals surface area contributed by atoms with Gasteiger partial charge in [-0.2, -0.15) is 0 Å². The van der Waals surface area contributed by atoms with Crippen molar-refractivity contribution in [3.8, 4) is 0 Å². The molecule has 3 aliphatic heterocycles. The fourth-order valence-electron chi connectivity index (χ4n) is 4.19. The molecule has 27 heavy (non-hydrogen) atoms. The van der Waals surface area contributed by atoms with Crippen LogP contribution in [0.15, 0.2) is 36.8 Å². The highest BCUT2D eigenvalue weighted by atomic mass is 16.2. The monoisotopic (exact) mass is 364 g/mol. The standard InChI is InChI=1S/C21H24N4O2/c1-14-3-4-15(2)18(9-14)20(26)25-12-16-5-6-17(25)13-24(11-16)21(27)19-10-22-7-8-23-19/h3-4,7-10,16-17H,5-6,11-13H2,1-2H3. The summed E-state index contributed by atoms with van der Waals surface area (Å²) in [4.78, 5) is 38.1. The maximum absolute atomic E-state index is 13.3. The molecule has 2 amide bonds. The Morgan fingerprint density at radius 2 is 1.89 bits per heavy atom. The zero-order valence-corrected chi connectivity index (χ0v) is 15.8. The smallest absolute Gasteiger partial charge is 0.274 e. The van der Waals surface area contributed by atoms with Crippen LogP contribution in [0.1, 0.15) is 44.8 Å². The Balaban J connectivity index is 1.57. The summed E-state index contributed by atoms with van der Waals surface area (Å²) in [5, 5.41) is 0. The Kier molecular flexibility index (Phi) is 4.64. The van der Waals surface area contributed by atoms with Gasteiger partial charge >= 0.3 is 0 Å². The number of nitrogens with zero attached hydrogens (tertiary/aromatic N) is 4. The highest BCUT2D eigenvalue weighted by molar-refractivity contribution is 5.96. The maximum Gasteiger partial charge on any atom is 0.274 e. The van der Waals surface area contributed by atoms with Gasteiger partial charge in [-0.1, -0.05) is 17.7 Å². The third kappa shape index (κ3) is 3.44. The van der Waals surface area contributed by atoms with Crippen molar-refractivity contribution in [3.63, 3.8) is 0 Å². The number of fused-ring (bicyclic) bond motifs is 4. The van der Waals surface area contributed by atoms with Gasteiger partial charge in [0, 0.05) is 43.6 Å². The van der Waals surface area contributed by atoms with E-state index in [-0.39, 0.29) is 17.9 Å². The average Bonchev–Trinajstić information content (AvgIpc) is 3.01. The van der Waals surface area contributed by atoms with E-state index in [0.29, 0.717) is 31.2 Å². The lowest BCUT2D eigenvalue weighted by atomic mass is 9.93. The van der Waals surface area contributed by atoms with Crippen LogP contribution in [-0.4, -0.2) is 57.3 Å². The van der Waals surface area contributed by atoms with E-state index in [1.165, 1.54) is 12.4 Å². The molecule has 4 heterocycles. The second-order valence-electron chi connectivity index (χ2n) is 7.67. The summed E-state index contributed by atoms with van der Waals surface area (Å²) in [5.74, 6) is 0.291. The Labute approximate surface area is 159 Å². The van der Waals surface area contributed by atoms with E-state index < -0.39 is 0 Å². The van der Waals surface area contributed by atoms with Crippen LogP contribution in [0.4, 0.5) is 0 Å². The van der Waals surface area contributed by atoms with E-state index in [2.05, 4.69) is 9.97 Å². The molecule has 1 aromatic carbocycles. The van der Waals surface area contributed by atoms with E-state index in [9.17, 15) is 9.59 Å². The number of hydrogen-bond acceptors (Lipinski definition) is 4. The third-order valence-electron chi connectivity index (χ3n) is 5.67. The van der Waals surface area contributed by atoms with Gasteiger partial charge in [0.2, 0.25) is 0 Å². The van der Waals surface area contributed by atoms with Gasteiger partial charge in [-0.15, -0.1) is 0 Å². The number of rotatable bonds is 2. The first kappa shape index (κ1) is 17.6. The minimum atomic E-state index is -0.0963. The van der Waals surface area contributed by atoms with Gasteiger partial charge < -0.3 is 9.80 Å².